The van der Waals surface area contributed by atoms with E-state index in [0.717, 1.165) is 18.7 Å². The monoisotopic (exact) mass is 372 g/mol. The minimum atomic E-state index is -3.54. The van der Waals surface area contributed by atoms with Crippen LogP contribution in [0.2, 0.25) is 0 Å². The van der Waals surface area contributed by atoms with Gasteiger partial charge in [-0.25, -0.2) is 8.42 Å². The number of sulfonamides is 1. The van der Waals surface area contributed by atoms with Crippen LogP contribution in [-0.2, 0) is 14.8 Å². The summed E-state index contributed by atoms with van der Waals surface area (Å²) in [5.74, 6) is -0.130. The number of nitrogens with two attached hydrogens (primary N) is 1. The van der Waals surface area contributed by atoms with E-state index in [-0.39, 0.29) is 10.8 Å². The maximum Gasteiger partial charge on any atom is 0.279 e. The van der Waals surface area contributed by atoms with Gasteiger partial charge in [-0.1, -0.05) is 19.9 Å². The lowest BCUT2D eigenvalue weighted by Crippen LogP contribution is -3.09. The van der Waals surface area contributed by atoms with Crippen LogP contribution in [0.5, 0.6) is 0 Å². The first-order chi connectivity index (χ1) is 11.7. The van der Waals surface area contributed by atoms with E-state index in [0.29, 0.717) is 25.3 Å². The summed E-state index contributed by atoms with van der Waals surface area (Å²) in [7, 11) is 0.602. The summed E-state index contributed by atoms with van der Waals surface area (Å²) in [5, 5.41) is 4.78. The summed E-state index contributed by atoms with van der Waals surface area (Å²) in [6.45, 7) is 8.46. The second-order valence-electron chi connectivity index (χ2n) is 6.35. The largest absolute Gasteiger partial charge is 0.335 e. The van der Waals surface area contributed by atoms with Gasteiger partial charge in [-0.15, -0.1) is 0 Å². The molecule has 0 saturated heterocycles. The highest BCUT2D eigenvalue weighted by atomic mass is 32.2. The molecule has 4 N–H and O–H groups in total. The van der Waals surface area contributed by atoms with Gasteiger partial charge in [-0.05, 0) is 24.6 Å². The molecular weight excluding hydrogens is 340 g/mol. The number of carbonyl (C=O) groups is 1. The standard InChI is InChI=1S/C17H30N4O3S/c1-6-21(7-2)25(23,24)15-9-8-14(3)16(12-15)19-17(22)13-18-10-11-20(4)5/h8-9,12,18H,6-7,10-11,13H2,1-5H3,(H,19,22)/p+2. The van der Waals surface area contributed by atoms with Gasteiger partial charge in [-0.2, -0.15) is 4.31 Å². The zero-order valence-corrected chi connectivity index (χ0v) is 16.7. The van der Waals surface area contributed by atoms with Crippen molar-refractivity contribution in [1.82, 2.24) is 4.31 Å². The minimum Gasteiger partial charge on any atom is -0.335 e. The van der Waals surface area contributed by atoms with E-state index in [9.17, 15) is 13.2 Å². The average molecular weight is 373 g/mol. The number of benzene rings is 1. The Morgan fingerprint density at radius 2 is 1.88 bits per heavy atom. The number of likely N-dealkylation sites (N-methyl/N-ethyl adjacent to an activating group) is 1. The number of aryl methyl sites for hydroxylation is 1. The summed E-state index contributed by atoms with van der Waals surface area (Å²) in [5.41, 5.74) is 1.38. The van der Waals surface area contributed by atoms with E-state index in [1.54, 1.807) is 18.2 Å². The number of hydrogen-bond acceptors (Lipinski definition) is 3. The van der Waals surface area contributed by atoms with Crippen molar-refractivity contribution in [2.24, 2.45) is 0 Å². The van der Waals surface area contributed by atoms with Crippen molar-refractivity contribution in [2.45, 2.75) is 25.7 Å². The number of quaternary nitrogens is 2. The van der Waals surface area contributed by atoms with E-state index >= 15 is 0 Å². The van der Waals surface area contributed by atoms with Crippen molar-refractivity contribution >= 4 is 21.6 Å². The first-order valence-electron chi connectivity index (χ1n) is 8.73. The lowest BCUT2D eigenvalue weighted by atomic mass is 10.2. The molecule has 0 spiro atoms. The first kappa shape index (κ1) is 21.6. The molecule has 1 aromatic rings. The summed E-state index contributed by atoms with van der Waals surface area (Å²) >= 11 is 0. The Kier molecular flexibility index (Phi) is 8.51. The number of nitrogens with one attached hydrogen (secondary N) is 2. The predicted molar refractivity (Wildman–Crippen MR) is 99.3 cm³/mol. The molecule has 1 aromatic carbocycles. The molecule has 0 aliphatic carbocycles. The Morgan fingerprint density at radius 3 is 2.44 bits per heavy atom. The predicted octanol–water partition coefficient (Wildman–Crippen LogP) is -1.33. The van der Waals surface area contributed by atoms with Crippen LogP contribution in [0.15, 0.2) is 23.1 Å². The van der Waals surface area contributed by atoms with Crippen molar-refractivity contribution in [3.05, 3.63) is 23.8 Å². The SMILES string of the molecule is CCN(CC)S(=O)(=O)c1ccc(C)c(NC(=O)C[NH2+]CC[NH+](C)C)c1. The Morgan fingerprint density at radius 1 is 1.24 bits per heavy atom. The fourth-order valence-electron chi connectivity index (χ4n) is 2.43. The Bertz CT molecular complexity index is 670. The zero-order valence-electron chi connectivity index (χ0n) is 15.9. The molecular formula is C17H32N4O3S+2. The third kappa shape index (κ3) is 6.39. The molecule has 142 valence electrons. The molecule has 0 aliphatic rings. The molecule has 0 bridgehead atoms. The van der Waals surface area contributed by atoms with Crippen molar-refractivity contribution in [3.63, 3.8) is 0 Å². The molecule has 0 unspecified atom stereocenters. The topological polar surface area (TPSA) is 87.5 Å². The molecule has 7 nitrogen and oxygen atoms in total. The van der Waals surface area contributed by atoms with E-state index < -0.39 is 10.0 Å². The third-order valence-corrected chi connectivity index (χ3v) is 6.05. The highest BCUT2D eigenvalue weighted by molar-refractivity contribution is 7.89. The molecule has 0 radical (unpaired) electrons. The summed E-state index contributed by atoms with van der Waals surface area (Å²) < 4.78 is 26.6. The van der Waals surface area contributed by atoms with Gasteiger partial charge in [0.1, 0.15) is 13.1 Å². The molecule has 1 amide bonds. The molecule has 0 saturated carbocycles. The minimum absolute atomic E-state index is 0.130. The zero-order chi connectivity index (χ0) is 19.0. The molecule has 0 atom stereocenters. The molecule has 25 heavy (non-hydrogen) atoms. The van der Waals surface area contributed by atoms with Gasteiger partial charge in [0.2, 0.25) is 10.0 Å². The fourth-order valence-corrected chi connectivity index (χ4v) is 3.92. The number of amides is 1. The van der Waals surface area contributed by atoms with Crippen LogP contribution in [0.25, 0.3) is 0 Å². The Balaban J connectivity index is 2.83. The van der Waals surface area contributed by atoms with Crippen molar-refractivity contribution in [2.75, 3.05) is 52.1 Å². The van der Waals surface area contributed by atoms with Gasteiger partial charge in [0.15, 0.2) is 6.54 Å². The van der Waals surface area contributed by atoms with Gasteiger partial charge in [0.05, 0.1) is 19.0 Å². The van der Waals surface area contributed by atoms with Crippen LogP contribution in [0, 0.1) is 6.92 Å². The lowest BCUT2D eigenvalue weighted by Gasteiger charge is -2.19. The molecule has 1 rings (SSSR count). The number of hydrogen-bond donors (Lipinski definition) is 3. The summed E-state index contributed by atoms with van der Waals surface area (Å²) in [6, 6.07) is 4.86. The van der Waals surface area contributed by atoms with Gasteiger partial charge < -0.3 is 15.5 Å². The van der Waals surface area contributed by atoms with E-state index in [4.69, 9.17) is 0 Å². The van der Waals surface area contributed by atoms with Crippen LogP contribution in [0.4, 0.5) is 5.69 Å². The van der Waals surface area contributed by atoms with Gasteiger partial charge in [0.25, 0.3) is 5.91 Å². The molecule has 0 aromatic heterocycles. The van der Waals surface area contributed by atoms with Crippen LogP contribution >= 0.6 is 0 Å². The summed E-state index contributed by atoms with van der Waals surface area (Å²) in [6.07, 6.45) is 0. The van der Waals surface area contributed by atoms with Gasteiger partial charge in [0, 0.05) is 18.8 Å². The summed E-state index contributed by atoms with van der Waals surface area (Å²) in [4.78, 5) is 13.6. The van der Waals surface area contributed by atoms with Crippen molar-refractivity contribution in [3.8, 4) is 0 Å². The first-order valence-corrected chi connectivity index (χ1v) is 10.2. The molecule has 0 fully saturated rings. The third-order valence-electron chi connectivity index (χ3n) is 4.00. The highest BCUT2D eigenvalue weighted by Gasteiger charge is 2.22. The number of rotatable bonds is 10. The fraction of sp³-hybridized carbons (Fsp3) is 0.588. The normalized spacial score (nSPS) is 12.0. The van der Waals surface area contributed by atoms with Gasteiger partial charge >= 0.3 is 0 Å². The van der Waals surface area contributed by atoms with Crippen LogP contribution in [-0.4, -0.2) is 65.4 Å². The van der Waals surface area contributed by atoms with Crippen LogP contribution in [0.3, 0.4) is 0 Å². The number of carbonyl (C=O) groups excluding carboxylic acids is 1. The number of nitrogens with zero attached hydrogens (tertiary/aromatic N) is 1. The average Bonchev–Trinajstić information content (AvgIpc) is 2.54. The maximum atomic E-state index is 12.6. The Hall–Kier alpha value is -1.48. The van der Waals surface area contributed by atoms with E-state index in [1.807, 2.05) is 26.1 Å². The maximum absolute atomic E-state index is 12.6. The van der Waals surface area contributed by atoms with Crippen molar-refractivity contribution in [1.29, 1.82) is 0 Å². The van der Waals surface area contributed by atoms with E-state index in [2.05, 4.69) is 19.4 Å². The number of anilines is 1. The molecule has 0 aliphatic heterocycles. The molecule has 0 heterocycles. The van der Waals surface area contributed by atoms with Crippen LogP contribution in [0.1, 0.15) is 19.4 Å². The van der Waals surface area contributed by atoms with Gasteiger partial charge in [-0.3, -0.25) is 4.79 Å². The van der Waals surface area contributed by atoms with Crippen LogP contribution < -0.4 is 15.5 Å². The Labute approximate surface area is 151 Å². The smallest absolute Gasteiger partial charge is 0.279 e. The quantitative estimate of drug-likeness (QED) is 0.445. The second-order valence-corrected chi connectivity index (χ2v) is 8.29. The van der Waals surface area contributed by atoms with Crippen molar-refractivity contribution < 1.29 is 23.4 Å². The highest BCUT2D eigenvalue weighted by Crippen LogP contribution is 2.22. The molecule has 8 heteroatoms. The van der Waals surface area contributed by atoms with E-state index in [1.165, 1.54) is 9.21 Å². The second kappa shape index (κ2) is 9.86. The lowest BCUT2D eigenvalue weighted by molar-refractivity contribution is -0.873.